The smallest absolute Gasteiger partial charge is 0.326 e. The molecule has 0 aromatic rings. The zero-order chi connectivity index (χ0) is 10.6. The lowest BCUT2D eigenvalue weighted by Gasteiger charge is -2.24. The van der Waals surface area contributed by atoms with Gasteiger partial charge in [0, 0.05) is 7.11 Å². The molecule has 13 heavy (non-hydrogen) atoms. The van der Waals surface area contributed by atoms with E-state index in [-0.39, 0.29) is 6.10 Å². The second-order valence-corrected chi connectivity index (χ2v) is 4.00. The Labute approximate surface area is 79.4 Å². The van der Waals surface area contributed by atoms with E-state index in [1.807, 2.05) is 0 Å². The molecule has 4 nitrogen and oxygen atoms in total. The maximum Gasteiger partial charge on any atom is 0.326 e. The van der Waals surface area contributed by atoms with Gasteiger partial charge in [-0.2, -0.15) is 0 Å². The van der Waals surface area contributed by atoms with Gasteiger partial charge in [0.15, 0.2) is 0 Å². The highest BCUT2D eigenvalue weighted by atomic mass is 16.6. The Hall–Kier alpha value is -0.610. The monoisotopic (exact) mass is 189 g/mol. The molecule has 0 radical (unpaired) electrons. The summed E-state index contributed by atoms with van der Waals surface area (Å²) in [6.07, 6.45) is -0.324. The fourth-order valence-corrected chi connectivity index (χ4v) is 0.708. The summed E-state index contributed by atoms with van der Waals surface area (Å²) in [4.78, 5) is 11.3. The van der Waals surface area contributed by atoms with Crippen LogP contribution in [0.2, 0.25) is 0 Å². The van der Waals surface area contributed by atoms with Gasteiger partial charge < -0.3 is 15.2 Å². The zero-order valence-corrected chi connectivity index (χ0v) is 8.96. The number of ether oxygens (including phenoxy) is 2. The molecule has 2 atom stereocenters. The number of carbonyl (C=O) groups excluding carboxylic acids is 1. The molecular formula is C9H19NO3. The lowest BCUT2D eigenvalue weighted by atomic mass is 10.1. The van der Waals surface area contributed by atoms with E-state index in [1.165, 1.54) is 7.11 Å². The Kier molecular flexibility index (Phi) is 4.36. The van der Waals surface area contributed by atoms with Crippen LogP contribution in [0.3, 0.4) is 0 Å². The van der Waals surface area contributed by atoms with Gasteiger partial charge in [0.05, 0.1) is 6.10 Å². The third kappa shape index (κ3) is 4.85. The van der Waals surface area contributed by atoms with E-state index in [4.69, 9.17) is 15.2 Å². The first-order chi connectivity index (χ1) is 5.78. The maximum absolute atomic E-state index is 11.3. The molecule has 0 rings (SSSR count). The van der Waals surface area contributed by atoms with Gasteiger partial charge in [0.2, 0.25) is 0 Å². The Morgan fingerprint density at radius 3 is 2.15 bits per heavy atom. The Bertz CT molecular complexity index is 174. The predicted molar refractivity (Wildman–Crippen MR) is 50.3 cm³/mol. The summed E-state index contributed by atoms with van der Waals surface area (Å²) in [7, 11) is 1.51. The van der Waals surface area contributed by atoms with E-state index >= 15 is 0 Å². The molecule has 0 aromatic carbocycles. The Balaban J connectivity index is 4.12. The molecule has 0 unspecified atom stereocenters. The van der Waals surface area contributed by atoms with Gasteiger partial charge in [-0.15, -0.1) is 0 Å². The molecule has 78 valence electrons. The molecule has 2 N–H and O–H groups in total. The molecule has 0 saturated heterocycles. The molecule has 0 fully saturated rings. The zero-order valence-electron chi connectivity index (χ0n) is 8.96. The first kappa shape index (κ1) is 12.4. The summed E-state index contributed by atoms with van der Waals surface area (Å²) in [6.45, 7) is 7.13. The molecule has 0 aromatic heterocycles. The van der Waals surface area contributed by atoms with Crippen LogP contribution in [0.15, 0.2) is 0 Å². The van der Waals surface area contributed by atoms with Crippen molar-refractivity contribution in [3.63, 3.8) is 0 Å². The number of nitrogens with two attached hydrogens (primary N) is 1. The first-order valence-corrected chi connectivity index (χ1v) is 4.29. The molecule has 0 aliphatic carbocycles. The fraction of sp³-hybridized carbons (Fsp3) is 0.889. The van der Waals surface area contributed by atoms with E-state index in [1.54, 1.807) is 27.7 Å². The minimum Gasteiger partial charge on any atom is -0.459 e. The van der Waals surface area contributed by atoms with Crippen molar-refractivity contribution < 1.29 is 14.3 Å². The van der Waals surface area contributed by atoms with Crippen molar-refractivity contribution in [2.45, 2.75) is 45.4 Å². The van der Waals surface area contributed by atoms with Crippen LogP contribution in [0, 0.1) is 0 Å². The summed E-state index contributed by atoms with van der Waals surface area (Å²) < 4.78 is 10.0. The summed E-state index contributed by atoms with van der Waals surface area (Å²) in [5.41, 5.74) is 5.08. The maximum atomic E-state index is 11.3. The third-order valence-corrected chi connectivity index (χ3v) is 1.56. The van der Waals surface area contributed by atoms with E-state index in [9.17, 15) is 4.79 Å². The van der Waals surface area contributed by atoms with Gasteiger partial charge >= 0.3 is 5.97 Å². The van der Waals surface area contributed by atoms with Crippen LogP contribution < -0.4 is 5.73 Å². The molecule has 0 amide bonds. The van der Waals surface area contributed by atoms with Crippen molar-refractivity contribution in [3.05, 3.63) is 0 Å². The van der Waals surface area contributed by atoms with E-state index in [0.29, 0.717) is 0 Å². The van der Waals surface area contributed by atoms with Crippen LogP contribution in [0.25, 0.3) is 0 Å². The number of hydrogen-bond donors (Lipinski definition) is 1. The molecular weight excluding hydrogens is 170 g/mol. The minimum atomic E-state index is -0.718. The molecule has 0 aliphatic rings. The van der Waals surface area contributed by atoms with Crippen LogP contribution in [-0.4, -0.2) is 30.8 Å². The fourth-order valence-electron chi connectivity index (χ4n) is 0.708. The van der Waals surface area contributed by atoms with Gasteiger partial charge in [-0.25, -0.2) is 0 Å². The molecule has 0 aliphatic heterocycles. The molecule has 0 spiro atoms. The minimum absolute atomic E-state index is 0.324. The van der Waals surface area contributed by atoms with Crippen LogP contribution in [0.5, 0.6) is 0 Å². The number of hydrogen-bond acceptors (Lipinski definition) is 4. The van der Waals surface area contributed by atoms with Crippen LogP contribution in [-0.2, 0) is 14.3 Å². The van der Waals surface area contributed by atoms with Crippen molar-refractivity contribution in [2.24, 2.45) is 5.73 Å². The number of rotatable bonds is 3. The highest BCUT2D eigenvalue weighted by Gasteiger charge is 2.26. The summed E-state index contributed by atoms with van der Waals surface area (Å²) in [6, 6.07) is -0.718. The quantitative estimate of drug-likeness (QED) is 0.663. The second kappa shape index (κ2) is 4.58. The van der Waals surface area contributed by atoms with Crippen molar-refractivity contribution >= 4 is 5.97 Å². The SMILES string of the molecule is CO[C@H](C)[C@H](N)C(=O)OC(C)(C)C. The van der Waals surface area contributed by atoms with Crippen LogP contribution in [0.4, 0.5) is 0 Å². The highest BCUT2D eigenvalue weighted by Crippen LogP contribution is 2.09. The normalized spacial score (nSPS) is 16.5. The molecule has 0 heterocycles. The molecule has 0 bridgehead atoms. The standard InChI is InChI=1S/C9H19NO3/c1-6(12-5)7(10)8(11)13-9(2,3)4/h6-7H,10H2,1-5H3/t6-,7+/m1/s1. The average molecular weight is 189 g/mol. The largest absolute Gasteiger partial charge is 0.459 e. The Morgan fingerprint density at radius 1 is 1.38 bits per heavy atom. The number of carbonyl (C=O) groups is 1. The van der Waals surface area contributed by atoms with Crippen LogP contribution in [0.1, 0.15) is 27.7 Å². The third-order valence-electron chi connectivity index (χ3n) is 1.56. The average Bonchev–Trinajstić information content (AvgIpc) is 1.98. The van der Waals surface area contributed by atoms with Crippen LogP contribution >= 0.6 is 0 Å². The summed E-state index contributed by atoms with van der Waals surface area (Å²) >= 11 is 0. The Morgan fingerprint density at radius 2 is 1.85 bits per heavy atom. The lowest BCUT2D eigenvalue weighted by molar-refractivity contribution is -0.159. The lowest BCUT2D eigenvalue weighted by Crippen LogP contribution is -2.44. The highest BCUT2D eigenvalue weighted by molar-refractivity contribution is 5.76. The van der Waals surface area contributed by atoms with Gasteiger partial charge in [-0.1, -0.05) is 0 Å². The molecule has 4 heteroatoms. The second-order valence-electron chi connectivity index (χ2n) is 4.00. The van der Waals surface area contributed by atoms with Gasteiger partial charge in [0.1, 0.15) is 11.6 Å². The first-order valence-electron chi connectivity index (χ1n) is 4.29. The summed E-state index contributed by atoms with van der Waals surface area (Å²) in [5, 5.41) is 0. The number of methoxy groups -OCH3 is 1. The van der Waals surface area contributed by atoms with E-state index < -0.39 is 17.6 Å². The van der Waals surface area contributed by atoms with E-state index in [0.717, 1.165) is 0 Å². The van der Waals surface area contributed by atoms with E-state index in [2.05, 4.69) is 0 Å². The predicted octanol–water partition coefficient (Wildman–Crippen LogP) is 0.690. The van der Waals surface area contributed by atoms with Crippen molar-refractivity contribution in [2.75, 3.05) is 7.11 Å². The summed E-state index contributed by atoms with van der Waals surface area (Å²) in [5.74, 6) is -0.429. The van der Waals surface area contributed by atoms with Crippen molar-refractivity contribution in [1.29, 1.82) is 0 Å². The van der Waals surface area contributed by atoms with Gasteiger partial charge in [-0.05, 0) is 27.7 Å². The van der Waals surface area contributed by atoms with Crippen molar-refractivity contribution in [1.82, 2.24) is 0 Å². The van der Waals surface area contributed by atoms with Gasteiger partial charge in [0.25, 0.3) is 0 Å². The topological polar surface area (TPSA) is 61.5 Å². The molecule has 0 saturated carbocycles. The van der Waals surface area contributed by atoms with Gasteiger partial charge in [-0.3, -0.25) is 4.79 Å². The van der Waals surface area contributed by atoms with Crippen molar-refractivity contribution in [3.8, 4) is 0 Å². The number of esters is 1.